The van der Waals surface area contributed by atoms with Crippen LogP contribution in [-0.2, 0) is 29.5 Å². The smallest absolute Gasteiger partial charge is 0.306 e. The standard InChI is InChI=1S/C14H20N4O2S/c1-4-20-13(19)6-5-12-9-21-14(17-12)15-7-11-8-16-18(3)10(11)2/h8-9H,4-7H2,1-3H3,(H,15,17). The summed E-state index contributed by atoms with van der Waals surface area (Å²) in [5.74, 6) is -0.175. The third kappa shape index (κ3) is 4.29. The van der Waals surface area contributed by atoms with Gasteiger partial charge in [0.15, 0.2) is 5.13 Å². The molecule has 0 aliphatic heterocycles. The fourth-order valence-corrected chi connectivity index (χ4v) is 2.60. The monoisotopic (exact) mass is 308 g/mol. The summed E-state index contributed by atoms with van der Waals surface area (Å²) >= 11 is 1.54. The minimum Gasteiger partial charge on any atom is -0.466 e. The molecule has 0 aliphatic carbocycles. The van der Waals surface area contributed by atoms with Crippen LogP contribution in [0.3, 0.4) is 0 Å². The van der Waals surface area contributed by atoms with Gasteiger partial charge in [0, 0.05) is 36.7 Å². The number of aromatic nitrogens is 3. The Morgan fingerprint density at radius 1 is 1.52 bits per heavy atom. The average molecular weight is 308 g/mol. The molecule has 0 aliphatic rings. The Bertz CT molecular complexity index is 606. The molecule has 0 unspecified atom stereocenters. The van der Waals surface area contributed by atoms with Gasteiger partial charge in [-0.3, -0.25) is 9.48 Å². The van der Waals surface area contributed by atoms with E-state index in [1.165, 1.54) is 0 Å². The molecule has 114 valence electrons. The fraction of sp³-hybridized carbons (Fsp3) is 0.500. The molecule has 0 saturated carbocycles. The average Bonchev–Trinajstić information content (AvgIpc) is 3.04. The van der Waals surface area contributed by atoms with E-state index >= 15 is 0 Å². The van der Waals surface area contributed by atoms with Crippen molar-refractivity contribution in [3.05, 3.63) is 28.5 Å². The van der Waals surface area contributed by atoms with Crippen molar-refractivity contribution in [3.8, 4) is 0 Å². The Labute approximate surface area is 128 Å². The molecule has 6 nitrogen and oxygen atoms in total. The summed E-state index contributed by atoms with van der Waals surface area (Å²) < 4.78 is 6.75. The molecular formula is C14H20N4O2S. The van der Waals surface area contributed by atoms with E-state index in [-0.39, 0.29) is 5.97 Å². The van der Waals surface area contributed by atoms with E-state index in [1.54, 1.807) is 11.3 Å². The lowest BCUT2D eigenvalue weighted by Gasteiger charge is -2.02. The Kier molecular flexibility index (Phi) is 5.32. The van der Waals surface area contributed by atoms with Gasteiger partial charge in [0.2, 0.25) is 0 Å². The molecule has 0 bridgehead atoms. The largest absolute Gasteiger partial charge is 0.466 e. The predicted octanol–water partition coefficient (Wildman–Crippen LogP) is 2.29. The number of ether oxygens (including phenoxy) is 1. The highest BCUT2D eigenvalue weighted by atomic mass is 32.1. The maximum Gasteiger partial charge on any atom is 0.306 e. The van der Waals surface area contributed by atoms with Gasteiger partial charge in [0.25, 0.3) is 0 Å². The van der Waals surface area contributed by atoms with Crippen molar-refractivity contribution >= 4 is 22.4 Å². The van der Waals surface area contributed by atoms with Crippen LogP contribution in [0.15, 0.2) is 11.6 Å². The zero-order valence-corrected chi connectivity index (χ0v) is 13.4. The number of carbonyl (C=O) groups excluding carboxylic acids is 1. The van der Waals surface area contributed by atoms with E-state index < -0.39 is 0 Å². The molecule has 21 heavy (non-hydrogen) atoms. The quantitative estimate of drug-likeness (QED) is 0.795. The number of anilines is 1. The van der Waals surface area contributed by atoms with Gasteiger partial charge >= 0.3 is 5.97 Å². The van der Waals surface area contributed by atoms with E-state index in [4.69, 9.17) is 4.74 Å². The number of rotatable bonds is 7. The van der Waals surface area contributed by atoms with Crippen LogP contribution in [0.2, 0.25) is 0 Å². The first-order valence-corrected chi connectivity index (χ1v) is 7.79. The van der Waals surface area contributed by atoms with Gasteiger partial charge in [-0.05, 0) is 13.8 Å². The number of aryl methyl sites for hydroxylation is 2. The van der Waals surface area contributed by atoms with Crippen LogP contribution in [0.4, 0.5) is 5.13 Å². The third-order valence-electron chi connectivity index (χ3n) is 3.21. The zero-order chi connectivity index (χ0) is 15.2. The number of hydrogen-bond donors (Lipinski definition) is 1. The van der Waals surface area contributed by atoms with Crippen LogP contribution < -0.4 is 5.32 Å². The molecule has 7 heteroatoms. The van der Waals surface area contributed by atoms with E-state index in [0.717, 1.165) is 22.1 Å². The van der Waals surface area contributed by atoms with Gasteiger partial charge in [-0.15, -0.1) is 11.3 Å². The van der Waals surface area contributed by atoms with Gasteiger partial charge in [-0.2, -0.15) is 5.10 Å². The molecule has 2 aromatic heterocycles. The van der Waals surface area contributed by atoms with Crippen molar-refractivity contribution in [1.82, 2.24) is 14.8 Å². The van der Waals surface area contributed by atoms with Crippen molar-refractivity contribution in [1.29, 1.82) is 0 Å². The van der Waals surface area contributed by atoms with Crippen LogP contribution in [0.1, 0.15) is 30.3 Å². The van der Waals surface area contributed by atoms with Gasteiger partial charge in [-0.1, -0.05) is 0 Å². The normalized spacial score (nSPS) is 10.6. The molecule has 0 fully saturated rings. The summed E-state index contributed by atoms with van der Waals surface area (Å²) in [4.78, 5) is 15.8. The SMILES string of the molecule is CCOC(=O)CCc1csc(NCc2cnn(C)c2C)n1. The number of nitrogens with zero attached hydrogens (tertiary/aromatic N) is 3. The van der Waals surface area contributed by atoms with Crippen molar-refractivity contribution in [2.24, 2.45) is 7.05 Å². The summed E-state index contributed by atoms with van der Waals surface area (Å²) in [7, 11) is 1.93. The first kappa shape index (κ1) is 15.5. The van der Waals surface area contributed by atoms with E-state index in [9.17, 15) is 4.79 Å². The fourth-order valence-electron chi connectivity index (χ4n) is 1.85. The predicted molar refractivity (Wildman–Crippen MR) is 82.3 cm³/mol. The van der Waals surface area contributed by atoms with Gasteiger partial charge in [0.05, 0.1) is 24.9 Å². The minimum atomic E-state index is -0.175. The molecule has 2 rings (SSSR count). The number of hydrogen-bond acceptors (Lipinski definition) is 6. The lowest BCUT2D eigenvalue weighted by atomic mass is 10.2. The number of nitrogens with one attached hydrogen (secondary N) is 1. The summed E-state index contributed by atoms with van der Waals surface area (Å²) in [5.41, 5.74) is 3.21. The van der Waals surface area contributed by atoms with Crippen molar-refractivity contribution in [2.45, 2.75) is 33.2 Å². The summed E-state index contributed by atoms with van der Waals surface area (Å²) in [6, 6.07) is 0. The highest BCUT2D eigenvalue weighted by Crippen LogP contribution is 2.18. The molecule has 0 atom stereocenters. The van der Waals surface area contributed by atoms with E-state index in [1.807, 2.05) is 37.2 Å². The van der Waals surface area contributed by atoms with E-state index in [0.29, 0.717) is 26.0 Å². The van der Waals surface area contributed by atoms with Crippen LogP contribution in [0, 0.1) is 6.92 Å². The molecule has 0 aromatic carbocycles. The molecule has 1 N–H and O–H groups in total. The molecule has 2 heterocycles. The zero-order valence-electron chi connectivity index (χ0n) is 12.5. The maximum absolute atomic E-state index is 11.3. The number of carbonyl (C=O) groups is 1. The second-order valence-corrected chi connectivity index (χ2v) is 5.54. The molecule has 0 radical (unpaired) electrons. The van der Waals surface area contributed by atoms with Crippen molar-refractivity contribution < 1.29 is 9.53 Å². The molecule has 0 spiro atoms. The lowest BCUT2D eigenvalue weighted by molar-refractivity contribution is -0.143. The van der Waals surface area contributed by atoms with Crippen LogP contribution in [0.5, 0.6) is 0 Å². The Balaban J connectivity index is 1.83. The second kappa shape index (κ2) is 7.21. The van der Waals surface area contributed by atoms with Gasteiger partial charge < -0.3 is 10.1 Å². The molecule has 2 aromatic rings. The van der Waals surface area contributed by atoms with Crippen LogP contribution >= 0.6 is 11.3 Å². The van der Waals surface area contributed by atoms with Gasteiger partial charge in [-0.25, -0.2) is 4.98 Å². The first-order chi connectivity index (χ1) is 10.1. The Hall–Kier alpha value is -1.89. The van der Waals surface area contributed by atoms with Gasteiger partial charge in [0.1, 0.15) is 0 Å². The van der Waals surface area contributed by atoms with Crippen LogP contribution in [0.25, 0.3) is 0 Å². The van der Waals surface area contributed by atoms with Crippen molar-refractivity contribution in [3.63, 3.8) is 0 Å². The molecule has 0 amide bonds. The molecule has 0 saturated heterocycles. The first-order valence-electron chi connectivity index (χ1n) is 6.91. The summed E-state index contributed by atoms with van der Waals surface area (Å²) in [6.07, 6.45) is 2.85. The minimum absolute atomic E-state index is 0.175. The van der Waals surface area contributed by atoms with E-state index in [2.05, 4.69) is 15.4 Å². The van der Waals surface area contributed by atoms with Crippen molar-refractivity contribution in [2.75, 3.05) is 11.9 Å². The second-order valence-electron chi connectivity index (χ2n) is 4.68. The Morgan fingerprint density at radius 3 is 3.00 bits per heavy atom. The highest BCUT2D eigenvalue weighted by molar-refractivity contribution is 7.13. The maximum atomic E-state index is 11.3. The number of esters is 1. The summed E-state index contributed by atoms with van der Waals surface area (Å²) in [5, 5.41) is 10.3. The van der Waals surface area contributed by atoms with Crippen LogP contribution in [-0.4, -0.2) is 27.3 Å². The lowest BCUT2D eigenvalue weighted by Crippen LogP contribution is -2.05. The topological polar surface area (TPSA) is 69.0 Å². The highest BCUT2D eigenvalue weighted by Gasteiger charge is 2.08. The number of thiazole rings is 1. The third-order valence-corrected chi connectivity index (χ3v) is 4.06. The Morgan fingerprint density at radius 2 is 2.33 bits per heavy atom. The summed E-state index contributed by atoms with van der Waals surface area (Å²) in [6.45, 7) is 4.97. The molecular weight excluding hydrogens is 288 g/mol.